The summed E-state index contributed by atoms with van der Waals surface area (Å²) in [5.74, 6) is 2.36. The second kappa shape index (κ2) is 56.3. The van der Waals surface area contributed by atoms with Gasteiger partial charge in [0.15, 0.2) is 28.0 Å². The van der Waals surface area contributed by atoms with Crippen LogP contribution in [0.1, 0.15) is 285 Å². The van der Waals surface area contributed by atoms with Crippen LogP contribution < -0.4 is 0 Å². The van der Waals surface area contributed by atoms with E-state index in [1.807, 2.05) is 52.0 Å². The van der Waals surface area contributed by atoms with E-state index in [4.69, 9.17) is 114 Å². The maximum Gasteiger partial charge on any atom is 0.334 e. The van der Waals surface area contributed by atoms with Crippen LogP contribution in [0.4, 0.5) is 0 Å². The minimum atomic E-state index is -0.872. The molecule has 0 radical (unpaired) electrons. The minimum absolute atomic E-state index is 0.0149. The predicted molar refractivity (Wildman–Crippen MR) is 506 cm³/mol. The number of rotatable bonds is 36. The monoisotopic (exact) mass is 1930 g/mol. The fraction of sp³-hybridized carbons (Fsp3) is 0.567. The fourth-order valence-corrected chi connectivity index (χ4v) is 14.1. The molecule has 10 rings (SSSR count). The molecule has 6 unspecified atom stereocenters. The first-order chi connectivity index (χ1) is 63.9. The lowest BCUT2D eigenvalue weighted by Gasteiger charge is -2.35. The molecular weight excluding hydrogens is 1780 g/mol. The van der Waals surface area contributed by atoms with Gasteiger partial charge >= 0.3 is 53.7 Å². The van der Waals surface area contributed by atoms with Crippen molar-refractivity contribution in [3.63, 3.8) is 0 Å². The van der Waals surface area contributed by atoms with Gasteiger partial charge < -0.3 is 114 Å². The topological polar surface area (TPSA) is 439 Å². The molecule has 33 heteroatoms. The third-order valence-electron chi connectivity index (χ3n) is 21.9. The van der Waals surface area contributed by atoms with Crippen molar-refractivity contribution in [2.24, 2.45) is 0 Å². The van der Waals surface area contributed by atoms with Gasteiger partial charge in [-0.15, -0.1) is 0 Å². The second-order valence-corrected chi connectivity index (χ2v) is 37.0. The van der Waals surface area contributed by atoms with Crippen LogP contribution in [0.15, 0.2) is 181 Å². The quantitative estimate of drug-likeness (QED) is 0.0164. The lowest BCUT2D eigenvalue weighted by Crippen LogP contribution is -2.41. The minimum Gasteiger partial charge on any atom is -0.463 e. The first-order valence-corrected chi connectivity index (χ1v) is 45.4. The first-order valence-electron chi connectivity index (χ1n) is 45.4. The van der Waals surface area contributed by atoms with Crippen molar-refractivity contribution < 1.29 is 157 Å². The van der Waals surface area contributed by atoms with Gasteiger partial charge in [0.25, 0.3) is 0 Å². The van der Waals surface area contributed by atoms with Crippen molar-refractivity contribution in [2.45, 2.75) is 342 Å². The molecule has 3 aliphatic heterocycles. The molecule has 4 N–H and O–H groups in total. The van der Waals surface area contributed by atoms with Crippen LogP contribution in [0.5, 0.6) is 0 Å². The predicted octanol–water partition coefficient (Wildman–Crippen LogP) is 18.1. The summed E-state index contributed by atoms with van der Waals surface area (Å²) in [6, 6.07) is 17.7. The van der Waals surface area contributed by atoms with E-state index < -0.39 is 80.6 Å². The van der Waals surface area contributed by atoms with Gasteiger partial charge in [0.05, 0.1) is 49.8 Å². The molecule has 33 nitrogen and oxygen atoms in total. The van der Waals surface area contributed by atoms with Gasteiger partial charge in [0.2, 0.25) is 0 Å². The Bertz CT molecular complexity index is 4790. The van der Waals surface area contributed by atoms with Crippen molar-refractivity contribution in [3.05, 3.63) is 216 Å². The molecule has 3 saturated heterocycles. The molecule has 2 aliphatic carbocycles. The normalized spacial score (nSPS) is 18.0. The van der Waals surface area contributed by atoms with Crippen molar-refractivity contribution in [3.8, 4) is 0 Å². The Morgan fingerprint density at radius 3 is 0.934 bits per heavy atom. The zero-order chi connectivity index (χ0) is 104. The molecule has 5 fully saturated rings. The highest BCUT2D eigenvalue weighted by molar-refractivity contribution is 5.90. The molecule has 0 amide bonds. The summed E-state index contributed by atoms with van der Waals surface area (Å²) in [7, 11) is 4.84. The fourth-order valence-electron chi connectivity index (χ4n) is 14.1. The van der Waals surface area contributed by atoms with Gasteiger partial charge in [-0.2, -0.15) is 0 Å². The van der Waals surface area contributed by atoms with Gasteiger partial charge in [-0.05, 0) is 275 Å². The molecule has 764 valence electrons. The van der Waals surface area contributed by atoms with E-state index in [2.05, 4.69) is 52.6 Å². The highest BCUT2D eigenvalue weighted by Crippen LogP contribution is 2.45. The number of aliphatic hydroxyl groups is 4. The Hall–Kier alpha value is -10.9. The van der Waals surface area contributed by atoms with E-state index >= 15 is 0 Å². The van der Waals surface area contributed by atoms with Crippen molar-refractivity contribution in [1.82, 2.24) is 0 Å². The molecule has 5 aromatic rings. The molecule has 5 aromatic heterocycles. The van der Waals surface area contributed by atoms with Crippen molar-refractivity contribution in [1.29, 1.82) is 0 Å². The number of hydrogen-bond acceptors (Lipinski definition) is 33. The Labute approximate surface area is 806 Å². The summed E-state index contributed by atoms with van der Waals surface area (Å²) >= 11 is 0. The second-order valence-electron chi connectivity index (χ2n) is 37.0. The maximum absolute atomic E-state index is 11.9. The highest BCUT2D eigenvalue weighted by Gasteiger charge is 2.46. The van der Waals surface area contributed by atoms with Crippen molar-refractivity contribution in [2.75, 3.05) is 41.2 Å². The third-order valence-corrected chi connectivity index (χ3v) is 21.9. The first kappa shape index (κ1) is 120. The molecule has 137 heavy (non-hydrogen) atoms. The van der Waals surface area contributed by atoms with Crippen LogP contribution in [0.25, 0.3) is 0 Å². The molecule has 2 saturated carbocycles. The van der Waals surface area contributed by atoms with Gasteiger partial charge in [-0.3, -0.25) is 4.79 Å². The van der Waals surface area contributed by atoms with Crippen LogP contribution in [-0.4, -0.2) is 169 Å². The number of carbonyl (C=O) groups excluding carboxylic acids is 9. The molecule has 5 aliphatic rings. The highest BCUT2D eigenvalue weighted by atomic mass is 16.6. The molecule has 6 atom stereocenters. The average Bonchev–Trinajstić information content (AvgIpc) is 1.68. The number of ether oxygens (including phenoxy) is 15. The van der Waals surface area contributed by atoms with Gasteiger partial charge in [-0.1, -0.05) is 59.1 Å². The molecule has 0 bridgehead atoms. The summed E-state index contributed by atoms with van der Waals surface area (Å²) < 4.78 is 108. The number of carbonyl (C=O) groups is 9. The summed E-state index contributed by atoms with van der Waals surface area (Å²) in [6.07, 6.45) is 14.6. The van der Waals surface area contributed by atoms with Crippen LogP contribution >= 0.6 is 0 Å². The Kier molecular flexibility index (Phi) is 49.4. The van der Waals surface area contributed by atoms with Gasteiger partial charge in [0, 0.05) is 73.8 Å². The molecular formula is C104H150O33. The van der Waals surface area contributed by atoms with Crippen LogP contribution in [0.2, 0.25) is 0 Å². The van der Waals surface area contributed by atoms with Gasteiger partial charge in [-0.25, -0.2) is 38.4 Å². The summed E-state index contributed by atoms with van der Waals surface area (Å²) in [5, 5.41) is 35.6. The van der Waals surface area contributed by atoms with E-state index in [9.17, 15) is 43.2 Å². The lowest BCUT2D eigenvalue weighted by atomic mass is 9.82. The largest absolute Gasteiger partial charge is 0.463 e. The average molecular weight is 1930 g/mol. The number of hydrogen-bond donors (Lipinski definition) is 4. The van der Waals surface area contributed by atoms with Gasteiger partial charge in [0.1, 0.15) is 114 Å². The Morgan fingerprint density at radius 2 is 0.635 bits per heavy atom. The van der Waals surface area contributed by atoms with E-state index in [1.165, 1.54) is 6.92 Å². The maximum atomic E-state index is 11.9. The van der Waals surface area contributed by atoms with Crippen LogP contribution in [0.3, 0.4) is 0 Å². The lowest BCUT2D eigenvalue weighted by molar-refractivity contribution is -0.169. The van der Waals surface area contributed by atoms with E-state index in [0.29, 0.717) is 93.6 Å². The van der Waals surface area contributed by atoms with E-state index in [0.717, 1.165) is 126 Å². The molecule has 8 heterocycles. The zero-order valence-corrected chi connectivity index (χ0v) is 84.4. The number of methoxy groups -OCH3 is 3. The number of aliphatic hydroxyl groups excluding tert-OH is 4. The summed E-state index contributed by atoms with van der Waals surface area (Å²) in [5.41, 5.74) is -3.62. The smallest absolute Gasteiger partial charge is 0.334 e. The Morgan fingerprint density at radius 1 is 0.358 bits per heavy atom. The summed E-state index contributed by atoms with van der Waals surface area (Å²) in [6.45, 7) is 61.6. The number of esters is 9. The van der Waals surface area contributed by atoms with E-state index in [1.54, 1.807) is 155 Å². The standard InChI is InChI=1S/C16H22O4.C15H20O4.C14H22O5.C13H18O4.C12H20O4.C12H16O4.C11H18O4.C11H14O4/c1-12(2)15(17)20-16(9-5-4-6-10-16)14-8-7-13(19-14)11-18-3;1-11(2)14(16)19-15(8-4-5-9-15)13-7-6-12(18-13)10-17-3;1-9(2)13(16)19-14(4,5)12-7-6-11(18-12)8-17-10(3)15;1-9(2)12(14)17-13(3,4)11-7-6-10(16-11)8-15-5;2*1-8(2)11(14)16-12(3,4)10-6-5-9(7-13)15-10;2*1-4-10(13)15-11(2,3)9-6-5-8(7-12)14-9/h7-8H,1,4-6,9-11H2,2-3H3;6-7H,1,4-5,8-10H2,2-3H3;11-12H,1,6-8H2,2-5H3;6-7H,1,8H2,2-5H3;9-10,13H,1,5-7H2,2-4H3;5-6,13H,1,7H2,2-4H3;4,8-9,12H,1,5-7H2,2-3H3;4-6,12H,1,7H2,2-3H3. The van der Waals surface area contributed by atoms with Crippen LogP contribution in [0, 0.1) is 0 Å². The zero-order valence-electron chi connectivity index (χ0n) is 84.4. The van der Waals surface area contributed by atoms with Crippen molar-refractivity contribution >= 4 is 53.7 Å². The third kappa shape index (κ3) is 39.9. The summed E-state index contributed by atoms with van der Waals surface area (Å²) in [4.78, 5) is 103. The van der Waals surface area contributed by atoms with Crippen LogP contribution in [-0.2, 0) is 175 Å². The SMILES string of the molecule is C=C(C)C(=O)OC(C)(C)C1CCC(CO)O1.C=C(C)C(=O)OC(C)(C)C1CCC(COC(C)=O)O1.C=C(C)C(=O)OC(C)(C)c1ccc(CO)o1.C=C(C)C(=O)OC(C)(C)c1ccc(COC)o1.C=C(C)C(=O)OC1(c2ccc(COC)o2)CCCC1.C=C(C)C(=O)OC1(c2ccc(COC)o2)CCCCC1.C=CC(=O)OC(C)(C)C1CCC(CO)O1.C=CC(=O)OC(C)(C)c1ccc(CO)o1. The Balaban J connectivity index is 0.000000404. The molecule has 0 aromatic carbocycles. The molecule has 0 spiro atoms. The number of furan rings is 5. The van der Waals surface area contributed by atoms with E-state index in [-0.39, 0.29) is 87.6 Å².